The molecule has 104 valence electrons. The van der Waals surface area contributed by atoms with Gasteiger partial charge in [-0.15, -0.1) is 0 Å². The van der Waals surface area contributed by atoms with Gasteiger partial charge in [-0.1, -0.05) is 37.3 Å². The minimum Gasteiger partial charge on any atom is -0.378 e. The van der Waals surface area contributed by atoms with Gasteiger partial charge in [-0.05, 0) is 18.1 Å². The van der Waals surface area contributed by atoms with Crippen molar-refractivity contribution in [1.82, 2.24) is 0 Å². The van der Waals surface area contributed by atoms with Gasteiger partial charge in [0.15, 0.2) is 0 Å². The van der Waals surface area contributed by atoms with Crippen molar-refractivity contribution in [3.63, 3.8) is 0 Å². The predicted molar refractivity (Wildman–Crippen MR) is 76.2 cm³/mol. The molecule has 0 aliphatic carbocycles. The Morgan fingerprint density at radius 1 is 1.25 bits per heavy atom. The van der Waals surface area contributed by atoms with Crippen LogP contribution in [0.5, 0.6) is 0 Å². The smallest absolute Gasteiger partial charge is 0.304 e. The lowest BCUT2D eigenvalue weighted by molar-refractivity contribution is -0.387. The first-order chi connectivity index (χ1) is 9.61. The molecule has 0 radical (unpaired) electrons. The highest BCUT2D eigenvalue weighted by molar-refractivity contribution is 5.51. The van der Waals surface area contributed by atoms with Gasteiger partial charge in [0.1, 0.15) is 0 Å². The number of benzene rings is 2. The molecule has 1 atom stereocenters. The van der Waals surface area contributed by atoms with Gasteiger partial charge in [0, 0.05) is 17.8 Å². The molecule has 2 aromatic rings. The molecule has 0 amide bonds. The number of nitro benzene ring substituents is 1. The molecular formula is C15H15FN2O2. The minimum absolute atomic E-state index is 0.0389. The second-order valence-electron chi connectivity index (χ2n) is 4.44. The number of hydrogen-bond acceptors (Lipinski definition) is 3. The number of anilines is 1. The van der Waals surface area contributed by atoms with Gasteiger partial charge in [0.2, 0.25) is 5.82 Å². The van der Waals surface area contributed by atoms with Crippen LogP contribution in [0.2, 0.25) is 0 Å². The average Bonchev–Trinajstić information content (AvgIpc) is 2.45. The Kier molecular flexibility index (Phi) is 4.30. The van der Waals surface area contributed by atoms with Crippen LogP contribution in [0.4, 0.5) is 15.8 Å². The summed E-state index contributed by atoms with van der Waals surface area (Å²) in [5, 5.41) is 13.8. The van der Waals surface area contributed by atoms with Gasteiger partial charge >= 0.3 is 5.69 Å². The first-order valence-electron chi connectivity index (χ1n) is 6.37. The lowest BCUT2D eigenvalue weighted by atomic mass is 10.0. The zero-order valence-electron chi connectivity index (χ0n) is 11.0. The molecule has 5 heteroatoms. The fourth-order valence-electron chi connectivity index (χ4n) is 2.05. The van der Waals surface area contributed by atoms with Crippen LogP contribution in [-0.4, -0.2) is 4.92 Å². The largest absolute Gasteiger partial charge is 0.378 e. The Morgan fingerprint density at radius 3 is 2.50 bits per heavy atom. The molecule has 0 aliphatic heterocycles. The van der Waals surface area contributed by atoms with Crippen molar-refractivity contribution in [1.29, 1.82) is 0 Å². The van der Waals surface area contributed by atoms with Gasteiger partial charge in [-0.2, -0.15) is 4.39 Å². The van der Waals surface area contributed by atoms with Crippen molar-refractivity contribution in [2.45, 2.75) is 19.4 Å². The van der Waals surface area contributed by atoms with Gasteiger partial charge in [0.25, 0.3) is 0 Å². The van der Waals surface area contributed by atoms with Crippen molar-refractivity contribution in [2.24, 2.45) is 0 Å². The number of rotatable bonds is 5. The maximum absolute atomic E-state index is 13.6. The molecule has 1 unspecified atom stereocenters. The van der Waals surface area contributed by atoms with E-state index in [0.29, 0.717) is 5.69 Å². The van der Waals surface area contributed by atoms with Crippen LogP contribution in [0.25, 0.3) is 0 Å². The molecule has 0 bridgehead atoms. The van der Waals surface area contributed by atoms with Crippen LogP contribution < -0.4 is 5.32 Å². The quantitative estimate of drug-likeness (QED) is 0.653. The molecule has 0 saturated heterocycles. The summed E-state index contributed by atoms with van der Waals surface area (Å²) < 4.78 is 13.6. The molecule has 0 heterocycles. The van der Waals surface area contributed by atoms with E-state index in [4.69, 9.17) is 0 Å². The second kappa shape index (κ2) is 6.14. The lowest BCUT2D eigenvalue weighted by Gasteiger charge is -2.18. The third-order valence-corrected chi connectivity index (χ3v) is 3.10. The van der Waals surface area contributed by atoms with E-state index in [2.05, 4.69) is 5.32 Å². The van der Waals surface area contributed by atoms with Crippen molar-refractivity contribution in [3.05, 3.63) is 70.0 Å². The monoisotopic (exact) mass is 274 g/mol. The first kappa shape index (κ1) is 14.0. The molecular weight excluding hydrogens is 259 g/mol. The molecule has 2 aromatic carbocycles. The van der Waals surface area contributed by atoms with Gasteiger partial charge < -0.3 is 5.32 Å². The van der Waals surface area contributed by atoms with E-state index in [1.165, 1.54) is 12.1 Å². The van der Waals surface area contributed by atoms with Crippen molar-refractivity contribution < 1.29 is 9.31 Å². The maximum atomic E-state index is 13.6. The highest BCUT2D eigenvalue weighted by atomic mass is 19.1. The molecule has 1 N–H and O–H groups in total. The van der Waals surface area contributed by atoms with E-state index in [1.807, 2.05) is 37.3 Å². The zero-order valence-corrected chi connectivity index (χ0v) is 11.0. The predicted octanol–water partition coefficient (Wildman–Crippen LogP) is 4.30. The first-order valence-corrected chi connectivity index (χ1v) is 6.37. The summed E-state index contributed by atoms with van der Waals surface area (Å²) in [6, 6.07) is 13.7. The van der Waals surface area contributed by atoms with Gasteiger partial charge in [-0.3, -0.25) is 10.1 Å². The fourth-order valence-corrected chi connectivity index (χ4v) is 2.05. The number of nitro groups is 1. The molecule has 0 aliphatic rings. The van der Waals surface area contributed by atoms with Crippen molar-refractivity contribution >= 4 is 11.4 Å². The van der Waals surface area contributed by atoms with Gasteiger partial charge in [0.05, 0.1) is 11.0 Å². The standard InChI is InChI=1S/C15H15FN2O2/c1-2-14(11-6-4-3-5-7-11)17-12-8-9-15(18(19)20)13(16)10-12/h3-10,14,17H,2H2,1H3. The molecule has 0 saturated carbocycles. The minimum atomic E-state index is -0.831. The van der Waals surface area contributed by atoms with Crippen LogP contribution >= 0.6 is 0 Å². The van der Waals surface area contributed by atoms with Gasteiger partial charge in [-0.25, -0.2) is 0 Å². The van der Waals surface area contributed by atoms with Crippen molar-refractivity contribution in [2.75, 3.05) is 5.32 Å². The van der Waals surface area contributed by atoms with E-state index in [-0.39, 0.29) is 6.04 Å². The van der Waals surface area contributed by atoms with E-state index in [1.54, 1.807) is 0 Å². The van der Waals surface area contributed by atoms with Crippen LogP contribution in [0.15, 0.2) is 48.5 Å². The zero-order chi connectivity index (χ0) is 14.5. The molecule has 0 aromatic heterocycles. The molecule has 0 fully saturated rings. The lowest BCUT2D eigenvalue weighted by Crippen LogP contribution is -2.09. The average molecular weight is 274 g/mol. The van der Waals surface area contributed by atoms with Crippen LogP contribution in [0.1, 0.15) is 24.9 Å². The second-order valence-corrected chi connectivity index (χ2v) is 4.44. The van der Waals surface area contributed by atoms with E-state index in [9.17, 15) is 14.5 Å². The van der Waals surface area contributed by atoms with Crippen LogP contribution in [0, 0.1) is 15.9 Å². The SMILES string of the molecule is CCC(Nc1ccc([N+](=O)[O-])c(F)c1)c1ccccc1. The third kappa shape index (κ3) is 3.12. The maximum Gasteiger partial charge on any atom is 0.304 e. The molecule has 2 rings (SSSR count). The Bertz CT molecular complexity index is 602. The highest BCUT2D eigenvalue weighted by Crippen LogP contribution is 2.26. The van der Waals surface area contributed by atoms with Crippen LogP contribution in [-0.2, 0) is 0 Å². The Balaban J connectivity index is 2.20. The number of nitrogens with zero attached hydrogens (tertiary/aromatic N) is 1. The van der Waals surface area contributed by atoms with Crippen LogP contribution in [0.3, 0.4) is 0 Å². The molecule has 0 spiro atoms. The fraction of sp³-hybridized carbons (Fsp3) is 0.200. The number of nitrogens with one attached hydrogen (secondary N) is 1. The Hall–Kier alpha value is -2.43. The third-order valence-electron chi connectivity index (χ3n) is 3.10. The van der Waals surface area contributed by atoms with E-state index in [0.717, 1.165) is 18.1 Å². The summed E-state index contributed by atoms with van der Waals surface area (Å²) in [5.74, 6) is -0.831. The summed E-state index contributed by atoms with van der Waals surface area (Å²) >= 11 is 0. The Labute approximate surface area is 116 Å². The number of hydrogen-bond donors (Lipinski definition) is 1. The van der Waals surface area contributed by atoms with E-state index < -0.39 is 16.4 Å². The Morgan fingerprint density at radius 2 is 1.95 bits per heavy atom. The summed E-state index contributed by atoms with van der Waals surface area (Å²) in [4.78, 5) is 9.85. The molecule has 4 nitrogen and oxygen atoms in total. The normalized spacial score (nSPS) is 11.9. The summed E-state index contributed by atoms with van der Waals surface area (Å²) in [6.45, 7) is 2.02. The summed E-state index contributed by atoms with van der Waals surface area (Å²) in [6.07, 6.45) is 0.822. The number of halogens is 1. The summed E-state index contributed by atoms with van der Waals surface area (Å²) in [7, 11) is 0. The van der Waals surface area contributed by atoms with E-state index >= 15 is 0 Å². The summed E-state index contributed by atoms with van der Waals surface area (Å²) in [5.41, 5.74) is 1.11. The highest BCUT2D eigenvalue weighted by Gasteiger charge is 2.15. The topological polar surface area (TPSA) is 55.2 Å². The molecule has 20 heavy (non-hydrogen) atoms. The van der Waals surface area contributed by atoms with Crippen molar-refractivity contribution in [3.8, 4) is 0 Å².